The lowest BCUT2D eigenvalue weighted by Gasteiger charge is -2.12. The number of nitrogens with one attached hydrogen (secondary N) is 1. The Morgan fingerprint density at radius 1 is 1.33 bits per heavy atom. The van der Waals surface area contributed by atoms with Gasteiger partial charge in [0.1, 0.15) is 6.54 Å². The third-order valence-electron chi connectivity index (χ3n) is 2.60. The van der Waals surface area contributed by atoms with E-state index >= 15 is 0 Å². The molecule has 0 aromatic carbocycles. The average molecular weight is 261 g/mol. The van der Waals surface area contributed by atoms with Crippen LogP contribution in [0.3, 0.4) is 0 Å². The van der Waals surface area contributed by atoms with Crippen molar-refractivity contribution in [1.29, 1.82) is 0 Å². The highest BCUT2D eigenvalue weighted by Gasteiger charge is 2.38. The van der Waals surface area contributed by atoms with E-state index in [4.69, 9.17) is 5.11 Å². The number of rotatable bonds is 3. The molecule has 0 bridgehead atoms. The molecule has 2 rings (SSSR count). The number of carboxylic acids is 1. The summed E-state index contributed by atoms with van der Waals surface area (Å²) in [6, 6.07) is 0. The van der Waals surface area contributed by atoms with Gasteiger partial charge < -0.3 is 10.4 Å². The first-order valence-electron chi connectivity index (χ1n) is 5.30. The molecule has 1 heterocycles. The van der Waals surface area contributed by atoms with Crippen LogP contribution < -0.4 is 5.32 Å². The molecular formula is C10H10F3N3O2. The fourth-order valence-electron chi connectivity index (χ4n) is 1.90. The van der Waals surface area contributed by atoms with Crippen LogP contribution in [0.15, 0.2) is 0 Å². The minimum Gasteiger partial charge on any atom is -0.480 e. The maximum Gasteiger partial charge on any atom is 0.433 e. The van der Waals surface area contributed by atoms with Crippen molar-refractivity contribution in [2.24, 2.45) is 0 Å². The van der Waals surface area contributed by atoms with Gasteiger partial charge in [-0.25, -0.2) is 9.97 Å². The summed E-state index contributed by atoms with van der Waals surface area (Å²) in [4.78, 5) is 17.6. The fraction of sp³-hybridized carbons (Fsp3) is 0.500. The van der Waals surface area contributed by atoms with Crippen LogP contribution in [0.4, 0.5) is 19.1 Å². The molecule has 1 aromatic heterocycles. The van der Waals surface area contributed by atoms with E-state index in [1.165, 1.54) is 0 Å². The third kappa shape index (κ3) is 2.52. The van der Waals surface area contributed by atoms with E-state index in [2.05, 4.69) is 15.3 Å². The minimum atomic E-state index is -4.54. The first-order chi connectivity index (χ1) is 8.38. The van der Waals surface area contributed by atoms with E-state index in [0.717, 1.165) is 0 Å². The molecule has 5 nitrogen and oxygen atoms in total. The van der Waals surface area contributed by atoms with Crippen LogP contribution in [0.5, 0.6) is 0 Å². The SMILES string of the molecule is O=C(O)CNc1nc2c(c(C(F)(F)F)n1)CCC2. The van der Waals surface area contributed by atoms with Crippen molar-refractivity contribution in [1.82, 2.24) is 9.97 Å². The quantitative estimate of drug-likeness (QED) is 0.862. The van der Waals surface area contributed by atoms with Gasteiger partial charge in [-0.05, 0) is 19.3 Å². The number of aromatic nitrogens is 2. The first kappa shape index (κ1) is 12.6. The zero-order chi connectivity index (χ0) is 13.3. The Balaban J connectivity index is 2.36. The van der Waals surface area contributed by atoms with Crippen LogP contribution in [0, 0.1) is 0 Å². The predicted octanol–water partition coefficient (Wildman–Crippen LogP) is 1.48. The molecule has 8 heteroatoms. The van der Waals surface area contributed by atoms with E-state index < -0.39 is 24.4 Å². The van der Waals surface area contributed by atoms with Gasteiger partial charge in [-0.3, -0.25) is 4.79 Å². The second-order valence-corrected chi connectivity index (χ2v) is 3.92. The van der Waals surface area contributed by atoms with E-state index in [-0.39, 0.29) is 11.5 Å². The molecule has 0 amide bonds. The second-order valence-electron chi connectivity index (χ2n) is 3.92. The zero-order valence-electron chi connectivity index (χ0n) is 9.21. The largest absolute Gasteiger partial charge is 0.480 e. The van der Waals surface area contributed by atoms with Crippen molar-refractivity contribution in [2.45, 2.75) is 25.4 Å². The van der Waals surface area contributed by atoms with Crippen LogP contribution in [-0.2, 0) is 23.8 Å². The van der Waals surface area contributed by atoms with Crippen LogP contribution >= 0.6 is 0 Å². The highest BCUT2D eigenvalue weighted by Crippen LogP contribution is 2.35. The Morgan fingerprint density at radius 2 is 2.06 bits per heavy atom. The summed E-state index contributed by atoms with van der Waals surface area (Å²) in [6.45, 7) is -0.518. The van der Waals surface area contributed by atoms with Gasteiger partial charge in [-0.1, -0.05) is 0 Å². The standard InChI is InChI=1S/C10H10F3N3O2/c11-10(12,13)8-5-2-1-3-6(5)15-9(16-8)14-4-7(17)18/h1-4H2,(H,17,18)(H,14,15,16). The molecule has 0 aliphatic heterocycles. The molecule has 0 fully saturated rings. The number of carboxylic acid groups (broad SMARTS) is 1. The number of nitrogens with zero attached hydrogens (tertiary/aromatic N) is 2. The van der Waals surface area contributed by atoms with Crippen molar-refractivity contribution >= 4 is 11.9 Å². The Morgan fingerprint density at radius 3 is 2.67 bits per heavy atom. The average Bonchev–Trinajstić information content (AvgIpc) is 2.71. The number of alkyl halides is 3. The normalized spacial score (nSPS) is 14.4. The Kier molecular flexibility index (Phi) is 3.10. The number of fused-ring (bicyclic) bond motifs is 1. The Labute approximate surface area is 100 Å². The number of hydrogen-bond acceptors (Lipinski definition) is 4. The third-order valence-corrected chi connectivity index (χ3v) is 2.60. The molecule has 18 heavy (non-hydrogen) atoms. The molecule has 0 atom stereocenters. The highest BCUT2D eigenvalue weighted by atomic mass is 19.4. The Bertz CT molecular complexity index is 488. The summed E-state index contributed by atoms with van der Waals surface area (Å²) in [5.41, 5.74) is -0.480. The Hall–Kier alpha value is -1.86. The van der Waals surface area contributed by atoms with E-state index in [9.17, 15) is 18.0 Å². The molecule has 0 radical (unpaired) electrons. The van der Waals surface area contributed by atoms with Crippen LogP contribution in [-0.4, -0.2) is 27.6 Å². The molecule has 0 unspecified atom stereocenters. The number of halogens is 3. The summed E-state index contributed by atoms with van der Waals surface area (Å²) in [6.07, 6.45) is -3.17. The van der Waals surface area contributed by atoms with Crippen molar-refractivity contribution < 1.29 is 23.1 Å². The molecule has 0 saturated carbocycles. The minimum absolute atomic E-state index is 0.128. The summed E-state index contributed by atoms with van der Waals surface area (Å²) >= 11 is 0. The van der Waals surface area contributed by atoms with Crippen LogP contribution in [0.1, 0.15) is 23.4 Å². The van der Waals surface area contributed by atoms with Gasteiger partial charge in [0.05, 0.1) is 0 Å². The summed E-state index contributed by atoms with van der Waals surface area (Å²) < 4.78 is 38.4. The van der Waals surface area contributed by atoms with Crippen molar-refractivity contribution in [3.8, 4) is 0 Å². The maximum absolute atomic E-state index is 12.8. The fourth-order valence-corrected chi connectivity index (χ4v) is 1.90. The van der Waals surface area contributed by atoms with Gasteiger partial charge in [0.25, 0.3) is 0 Å². The highest BCUT2D eigenvalue weighted by molar-refractivity contribution is 5.71. The number of carbonyl (C=O) groups is 1. The lowest BCUT2D eigenvalue weighted by Crippen LogP contribution is -2.19. The number of hydrogen-bond donors (Lipinski definition) is 2. The zero-order valence-corrected chi connectivity index (χ0v) is 9.21. The van der Waals surface area contributed by atoms with Gasteiger partial charge in [0.2, 0.25) is 5.95 Å². The monoisotopic (exact) mass is 261 g/mol. The van der Waals surface area contributed by atoms with Gasteiger partial charge in [0.15, 0.2) is 5.69 Å². The first-order valence-corrected chi connectivity index (χ1v) is 5.30. The van der Waals surface area contributed by atoms with Gasteiger partial charge >= 0.3 is 12.1 Å². The van der Waals surface area contributed by atoms with E-state index in [1.54, 1.807) is 0 Å². The maximum atomic E-state index is 12.8. The number of anilines is 1. The van der Waals surface area contributed by atoms with Gasteiger partial charge in [-0.2, -0.15) is 13.2 Å². The topological polar surface area (TPSA) is 75.1 Å². The molecule has 2 N–H and O–H groups in total. The smallest absolute Gasteiger partial charge is 0.433 e. The van der Waals surface area contributed by atoms with Gasteiger partial charge in [0, 0.05) is 11.3 Å². The molecule has 98 valence electrons. The van der Waals surface area contributed by atoms with Crippen molar-refractivity contribution in [3.05, 3.63) is 17.0 Å². The lowest BCUT2D eigenvalue weighted by molar-refractivity contribution is -0.141. The summed E-state index contributed by atoms with van der Waals surface area (Å²) in [5.74, 6) is -1.47. The van der Waals surface area contributed by atoms with E-state index in [0.29, 0.717) is 25.0 Å². The predicted molar refractivity (Wildman–Crippen MR) is 55.2 cm³/mol. The number of aryl methyl sites for hydroxylation is 1. The van der Waals surface area contributed by atoms with Crippen molar-refractivity contribution in [3.63, 3.8) is 0 Å². The molecule has 1 aliphatic carbocycles. The molecule has 0 spiro atoms. The molecule has 0 saturated heterocycles. The van der Waals surface area contributed by atoms with E-state index in [1.807, 2.05) is 0 Å². The van der Waals surface area contributed by atoms with Crippen LogP contribution in [0.2, 0.25) is 0 Å². The van der Waals surface area contributed by atoms with Gasteiger partial charge in [-0.15, -0.1) is 0 Å². The molecule has 1 aromatic rings. The summed E-state index contributed by atoms with van der Waals surface area (Å²) in [5, 5.41) is 10.7. The van der Waals surface area contributed by atoms with Crippen molar-refractivity contribution in [2.75, 3.05) is 11.9 Å². The molecule has 1 aliphatic rings. The lowest BCUT2D eigenvalue weighted by atomic mass is 10.2. The van der Waals surface area contributed by atoms with Crippen LogP contribution in [0.25, 0.3) is 0 Å². The molecular weight excluding hydrogens is 251 g/mol. The summed E-state index contributed by atoms with van der Waals surface area (Å²) in [7, 11) is 0. The second kappa shape index (κ2) is 4.43. The number of aliphatic carboxylic acids is 1.